The van der Waals surface area contributed by atoms with Crippen LogP contribution in [-0.4, -0.2) is 5.88 Å². The molecule has 1 rings (SSSR count). The molecular weight excluding hydrogens is 168 g/mol. The van der Waals surface area contributed by atoms with Crippen molar-refractivity contribution in [3.63, 3.8) is 0 Å². The number of allylic oxidation sites excluding steroid dienone is 2. The van der Waals surface area contributed by atoms with E-state index in [9.17, 15) is 0 Å². The fraction of sp³-hybridized carbons (Fsp3) is 0.273. The Morgan fingerprint density at radius 1 is 1.33 bits per heavy atom. The molecule has 0 nitrogen and oxygen atoms in total. The van der Waals surface area contributed by atoms with Gasteiger partial charge in [-0.15, -0.1) is 11.6 Å². The van der Waals surface area contributed by atoms with Crippen molar-refractivity contribution >= 4 is 17.2 Å². The van der Waals surface area contributed by atoms with Crippen LogP contribution in [0.5, 0.6) is 0 Å². The van der Waals surface area contributed by atoms with E-state index < -0.39 is 0 Å². The SMILES string of the molecule is CCC=C(CCl)c1ccccc1. The second kappa shape index (κ2) is 5.00. The Labute approximate surface area is 78.9 Å². The third-order valence-corrected chi connectivity index (χ3v) is 2.03. The van der Waals surface area contributed by atoms with Gasteiger partial charge in [0.25, 0.3) is 0 Å². The monoisotopic (exact) mass is 180 g/mol. The lowest BCUT2D eigenvalue weighted by atomic mass is 10.1. The minimum Gasteiger partial charge on any atom is -0.122 e. The molecule has 0 spiro atoms. The highest BCUT2D eigenvalue weighted by molar-refractivity contribution is 6.23. The molecule has 1 aromatic carbocycles. The number of hydrogen-bond acceptors (Lipinski definition) is 0. The molecule has 0 aliphatic carbocycles. The number of alkyl halides is 1. The lowest BCUT2D eigenvalue weighted by molar-refractivity contribution is 1.22. The van der Waals surface area contributed by atoms with Crippen molar-refractivity contribution in [3.8, 4) is 0 Å². The summed E-state index contributed by atoms with van der Waals surface area (Å²) in [5.41, 5.74) is 2.45. The molecule has 0 heterocycles. The fourth-order valence-electron chi connectivity index (χ4n) is 1.15. The molecule has 0 N–H and O–H groups in total. The number of hydrogen-bond donors (Lipinski definition) is 0. The summed E-state index contributed by atoms with van der Waals surface area (Å²) in [6, 6.07) is 10.3. The zero-order valence-electron chi connectivity index (χ0n) is 7.26. The van der Waals surface area contributed by atoms with Crippen LogP contribution in [0.25, 0.3) is 5.57 Å². The van der Waals surface area contributed by atoms with Gasteiger partial charge in [-0.3, -0.25) is 0 Å². The normalized spacial score (nSPS) is 11.7. The molecule has 0 aliphatic heterocycles. The van der Waals surface area contributed by atoms with Crippen molar-refractivity contribution in [2.75, 3.05) is 5.88 Å². The maximum absolute atomic E-state index is 5.81. The number of benzene rings is 1. The van der Waals surface area contributed by atoms with Crippen LogP contribution in [0.1, 0.15) is 18.9 Å². The summed E-state index contributed by atoms with van der Waals surface area (Å²) in [5, 5.41) is 0. The van der Waals surface area contributed by atoms with E-state index in [-0.39, 0.29) is 0 Å². The summed E-state index contributed by atoms with van der Waals surface area (Å²) < 4.78 is 0. The predicted octanol–water partition coefficient (Wildman–Crippen LogP) is 3.72. The Kier molecular flexibility index (Phi) is 3.89. The predicted molar refractivity (Wildman–Crippen MR) is 55.4 cm³/mol. The van der Waals surface area contributed by atoms with Crippen molar-refractivity contribution in [3.05, 3.63) is 42.0 Å². The summed E-state index contributed by atoms with van der Waals surface area (Å²) in [7, 11) is 0. The lowest BCUT2D eigenvalue weighted by Crippen LogP contribution is -1.84. The first kappa shape index (κ1) is 9.34. The van der Waals surface area contributed by atoms with E-state index in [0.29, 0.717) is 5.88 Å². The standard InChI is InChI=1S/C11H13Cl/c1-2-6-11(9-12)10-7-4-3-5-8-10/h3-8H,2,9H2,1H3. The summed E-state index contributed by atoms with van der Waals surface area (Å²) in [5.74, 6) is 0.595. The van der Waals surface area contributed by atoms with Crippen LogP contribution in [0.15, 0.2) is 36.4 Å². The summed E-state index contributed by atoms with van der Waals surface area (Å²) in [4.78, 5) is 0. The van der Waals surface area contributed by atoms with E-state index in [1.165, 1.54) is 11.1 Å². The largest absolute Gasteiger partial charge is 0.122 e. The van der Waals surface area contributed by atoms with Crippen LogP contribution < -0.4 is 0 Å². The van der Waals surface area contributed by atoms with Gasteiger partial charge in [-0.05, 0) is 17.6 Å². The zero-order valence-corrected chi connectivity index (χ0v) is 8.01. The third-order valence-electron chi connectivity index (χ3n) is 1.74. The summed E-state index contributed by atoms with van der Waals surface area (Å²) in [6.45, 7) is 2.12. The molecule has 0 unspecified atom stereocenters. The molecule has 1 aromatic rings. The molecule has 0 bridgehead atoms. The van der Waals surface area contributed by atoms with Gasteiger partial charge in [0.05, 0.1) is 0 Å². The van der Waals surface area contributed by atoms with Crippen LogP contribution in [0.4, 0.5) is 0 Å². The molecule has 0 saturated carbocycles. The quantitative estimate of drug-likeness (QED) is 0.622. The number of rotatable bonds is 3. The highest BCUT2D eigenvalue weighted by atomic mass is 35.5. The lowest BCUT2D eigenvalue weighted by Gasteiger charge is -2.02. The topological polar surface area (TPSA) is 0 Å². The Morgan fingerprint density at radius 2 is 2.00 bits per heavy atom. The third kappa shape index (κ3) is 2.38. The smallest absolute Gasteiger partial charge is 0.0476 e. The molecule has 1 heteroatoms. The van der Waals surface area contributed by atoms with Crippen LogP contribution in [-0.2, 0) is 0 Å². The fourth-order valence-corrected chi connectivity index (χ4v) is 1.41. The molecule has 0 atom stereocenters. The maximum Gasteiger partial charge on any atom is 0.0476 e. The first-order valence-electron chi connectivity index (χ1n) is 4.19. The van der Waals surface area contributed by atoms with Gasteiger partial charge in [0.15, 0.2) is 0 Å². The van der Waals surface area contributed by atoms with E-state index in [1.54, 1.807) is 0 Å². The summed E-state index contributed by atoms with van der Waals surface area (Å²) in [6.07, 6.45) is 3.21. The molecule has 64 valence electrons. The van der Waals surface area contributed by atoms with Crippen LogP contribution in [0.3, 0.4) is 0 Å². The van der Waals surface area contributed by atoms with Crippen molar-refractivity contribution in [2.24, 2.45) is 0 Å². The van der Waals surface area contributed by atoms with Gasteiger partial charge < -0.3 is 0 Å². The van der Waals surface area contributed by atoms with Gasteiger partial charge in [0.2, 0.25) is 0 Å². The van der Waals surface area contributed by atoms with Gasteiger partial charge in [-0.1, -0.05) is 43.3 Å². The Balaban J connectivity index is 2.88. The minimum atomic E-state index is 0.595. The van der Waals surface area contributed by atoms with E-state index in [0.717, 1.165) is 6.42 Å². The second-order valence-corrected chi connectivity index (χ2v) is 2.90. The average Bonchev–Trinajstić information content (AvgIpc) is 2.15. The van der Waals surface area contributed by atoms with E-state index in [4.69, 9.17) is 11.6 Å². The Hall–Kier alpha value is -0.750. The van der Waals surface area contributed by atoms with Gasteiger partial charge in [0.1, 0.15) is 0 Å². The Morgan fingerprint density at radius 3 is 2.50 bits per heavy atom. The molecule has 0 aromatic heterocycles. The van der Waals surface area contributed by atoms with Crippen LogP contribution >= 0.6 is 11.6 Å². The molecule has 0 aliphatic rings. The van der Waals surface area contributed by atoms with Gasteiger partial charge in [0, 0.05) is 5.88 Å². The number of halogens is 1. The molecular formula is C11H13Cl. The average molecular weight is 181 g/mol. The molecule has 0 saturated heterocycles. The van der Waals surface area contributed by atoms with Crippen molar-refractivity contribution in [2.45, 2.75) is 13.3 Å². The van der Waals surface area contributed by atoms with Crippen LogP contribution in [0.2, 0.25) is 0 Å². The first-order valence-corrected chi connectivity index (χ1v) is 4.72. The van der Waals surface area contributed by atoms with Gasteiger partial charge in [-0.25, -0.2) is 0 Å². The molecule has 0 radical (unpaired) electrons. The van der Waals surface area contributed by atoms with Gasteiger partial charge in [-0.2, -0.15) is 0 Å². The zero-order chi connectivity index (χ0) is 8.81. The summed E-state index contributed by atoms with van der Waals surface area (Å²) >= 11 is 5.81. The molecule has 0 amide bonds. The van der Waals surface area contributed by atoms with Crippen molar-refractivity contribution in [1.82, 2.24) is 0 Å². The maximum atomic E-state index is 5.81. The van der Waals surface area contributed by atoms with Crippen LogP contribution in [0, 0.1) is 0 Å². The van der Waals surface area contributed by atoms with E-state index in [1.807, 2.05) is 18.2 Å². The first-order chi connectivity index (χ1) is 5.88. The van der Waals surface area contributed by atoms with E-state index >= 15 is 0 Å². The highest BCUT2D eigenvalue weighted by Gasteiger charge is 1.96. The Bertz CT molecular complexity index is 249. The molecule has 12 heavy (non-hydrogen) atoms. The van der Waals surface area contributed by atoms with Crippen molar-refractivity contribution in [1.29, 1.82) is 0 Å². The minimum absolute atomic E-state index is 0.595. The van der Waals surface area contributed by atoms with Crippen molar-refractivity contribution < 1.29 is 0 Å². The molecule has 0 fully saturated rings. The van der Waals surface area contributed by atoms with Gasteiger partial charge >= 0.3 is 0 Å². The second-order valence-electron chi connectivity index (χ2n) is 2.64. The van der Waals surface area contributed by atoms with E-state index in [2.05, 4.69) is 25.1 Å². The highest BCUT2D eigenvalue weighted by Crippen LogP contribution is 2.15.